The van der Waals surface area contributed by atoms with E-state index in [2.05, 4.69) is 0 Å². The van der Waals surface area contributed by atoms with Crippen molar-refractivity contribution in [2.24, 2.45) is 0 Å². The zero-order chi connectivity index (χ0) is 22.5. The Morgan fingerprint density at radius 2 is 1.69 bits per heavy atom. The fraction of sp³-hybridized carbons (Fsp3) is 0.154. The summed E-state index contributed by atoms with van der Waals surface area (Å²) >= 11 is 6.84. The van der Waals surface area contributed by atoms with Crippen molar-refractivity contribution in [1.82, 2.24) is 4.90 Å². The number of hydrogen-bond donors (Lipinski definition) is 0. The molecule has 0 saturated carbocycles. The highest BCUT2D eigenvalue weighted by molar-refractivity contribution is 8.26. The molecule has 1 saturated heterocycles. The van der Waals surface area contributed by atoms with Crippen molar-refractivity contribution in [2.45, 2.75) is 19.6 Å². The fourth-order valence-electron chi connectivity index (χ4n) is 3.47. The quantitative estimate of drug-likeness (QED) is 0.308. The molecule has 1 atom stereocenters. The van der Waals surface area contributed by atoms with Gasteiger partial charge in [-0.15, -0.1) is 0 Å². The number of benzene rings is 3. The van der Waals surface area contributed by atoms with Crippen LogP contribution in [-0.2, 0) is 11.4 Å². The van der Waals surface area contributed by atoms with Gasteiger partial charge < -0.3 is 9.47 Å². The van der Waals surface area contributed by atoms with Crippen molar-refractivity contribution in [3.05, 3.63) is 100 Å². The second kappa shape index (κ2) is 10.0. The summed E-state index contributed by atoms with van der Waals surface area (Å²) in [5.74, 6) is 1.18. The molecule has 0 spiro atoms. The van der Waals surface area contributed by atoms with Crippen molar-refractivity contribution in [3.63, 3.8) is 0 Å². The van der Waals surface area contributed by atoms with Gasteiger partial charge in [0.1, 0.15) is 10.9 Å². The lowest BCUT2D eigenvalue weighted by Crippen LogP contribution is -2.30. The molecule has 0 aromatic heterocycles. The van der Waals surface area contributed by atoms with Crippen LogP contribution in [0.4, 0.5) is 0 Å². The van der Waals surface area contributed by atoms with Gasteiger partial charge in [0.2, 0.25) is 0 Å². The smallest absolute Gasteiger partial charge is 0.266 e. The van der Waals surface area contributed by atoms with Crippen LogP contribution in [0.5, 0.6) is 11.5 Å². The van der Waals surface area contributed by atoms with Crippen molar-refractivity contribution >= 4 is 40.3 Å². The Bertz CT molecular complexity index is 1150. The molecule has 4 nitrogen and oxygen atoms in total. The molecule has 3 aromatic carbocycles. The molecule has 1 aliphatic heterocycles. The Morgan fingerprint density at radius 3 is 2.38 bits per heavy atom. The molecule has 1 fully saturated rings. The first-order valence-corrected chi connectivity index (χ1v) is 11.5. The number of ether oxygens (including phenoxy) is 2. The molecule has 0 N–H and O–H groups in total. The molecule has 1 unspecified atom stereocenters. The third-order valence-electron chi connectivity index (χ3n) is 5.22. The summed E-state index contributed by atoms with van der Waals surface area (Å²) in [5, 5.41) is 0. The summed E-state index contributed by atoms with van der Waals surface area (Å²) in [6, 6.07) is 25.4. The van der Waals surface area contributed by atoms with Crippen LogP contribution in [0.15, 0.2) is 83.8 Å². The normalized spacial score (nSPS) is 15.8. The van der Waals surface area contributed by atoms with Gasteiger partial charge in [-0.05, 0) is 41.8 Å². The van der Waals surface area contributed by atoms with Gasteiger partial charge in [-0.25, -0.2) is 0 Å². The molecule has 1 heterocycles. The zero-order valence-electron chi connectivity index (χ0n) is 17.9. The molecule has 1 aliphatic rings. The van der Waals surface area contributed by atoms with Crippen LogP contribution in [0.3, 0.4) is 0 Å². The lowest BCUT2D eigenvalue weighted by Gasteiger charge is -2.23. The summed E-state index contributed by atoms with van der Waals surface area (Å²) in [6.45, 7) is 2.44. The van der Waals surface area contributed by atoms with E-state index in [-0.39, 0.29) is 11.9 Å². The van der Waals surface area contributed by atoms with Gasteiger partial charge in [-0.1, -0.05) is 90.7 Å². The zero-order valence-corrected chi connectivity index (χ0v) is 19.5. The van der Waals surface area contributed by atoms with Crippen LogP contribution < -0.4 is 9.47 Å². The molecule has 0 radical (unpaired) electrons. The van der Waals surface area contributed by atoms with Crippen LogP contribution in [0, 0.1) is 0 Å². The lowest BCUT2D eigenvalue weighted by atomic mass is 10.1. The summed E-state index contributed by atoms with van der Waals surface area (Å²) in [7, 11) is 1.61. The number of rotatable bonds is 7. The Kier molecular flexibility index (Phi) is 6.93. The fourth-order valence-corrected chi connectivity index (χ4v) is 4.89. The largest absolute Gasteiger partial charge is 0.493 e. The Hall–Kier alpha value is -3.09. The Labute approximate surface area is 197 Å². The molecule has 3 aromatic rings. The van der Waals surface area contributed by atoms with E-state index in [0.717, 1.165) is 16.7 Å². The molecule has 4 rings (SSSR count). The van der Waals surface area contributed by atoms with Crippen LogP contribution in [0.2, 0.25) is 0 Å². The SMILES string of the molecule is COc1cc(/C=C2/SC(=S)N(C(C)c3ccccc3)C2=O)ccc1OCc1ccccc1. The first-order chi connectivity index (χ1) is 15.6. The first-order valence-electron chi connectivity index (χ1n) is 10.2. The highest BCUT2D eigenvalue weighted by Gasteiger charge is 2.35. The lowest BCUT2D eigenvalue weighted by molar-refractivity contribution is -0.123. The van der Waals surface area contributed by atoms with E-state index in [1.54, 1.807) is 12.0 Å². The second-order valence-corrected chi connectivity index (χ2v) is 9.00. The minimum atomic E-state index is -0.127. The molecule has 1 amide bonds. The summed E-state index contributed by atoms with van der Waals surface area (Å²) in [5.41, 5.74) is 2.98. The maximum absolute atomic E-state index is 13.1. The number of methoxy groups -OCH3 is 1. The molecular weight excluding hydrogens is 438 g/mol. The number of carbonyl (C=O) groups is 1. The maximum atomic E-state index is 13.1. The molecule has 6 heteroatoms. The van der Waals surface area contributed by atoms with Gasteiger partial charge in [-0.2, -0.15) is 0 Å². The third-order valence-corrected chi connectivity index (χ3v) is 6.55. The highest BCUT2D eigenvalue weighted by Crippen LogP contribution is 2.39. The second-order valence-electron chi connectivity index (χ2n) is 7.32. The Morgan fingerprint density at radius 1 is 1.00 bits per heavy atom. The van der Waals surface area contributed by atoms with E-state index in [4.69, 9.17) is 21.7 Å². The number of thiocarbonyl (C=S) groups is 1. The van der Waals surface area contributed by atoms with Gasteiger partial charge in [0, 0.05) is 0 Å². The molecule has 0 bridgehead atoms. The summed E-state index contributed by atoms with van der Waals surface area (Å²) < 4.78 is 12.0. The van der Waals surface area contributed by atoms with Crippen LogP contribution in [0.25, 0.3) is 6.08 Å². The average Bonchev–Trinajstić information content (AvgIpc) is 3.11. The Balaban J connectivity index is 1.52. The predicted molar refractivity (Wildman–Crippen MR) is 134 cm³/mol. The van der Waals surface area contributed by atoms with Gasteiger partial charge in [0.15, 0.2) is 11.5 Å². The van der Waals surface area contributed by atoms with Crippen molar-refractivity contribution in [2.75, 3.05) is 7.11 Å². The van der Waals surface area contributed by atoms with Crippen molar-refractivity contribution in [3.8, 4) is 11.5 Å². The van der Waals surface area contributed by atoms with Gasteiger partial charge in [0.05, 0.1) is 18.1 Å². The minimum absolute atomic E-state index is 0.0836. The monoisotopic (exact) mass is 461 g/mol. The van der Waals surface area contributed by atoms with Crippen LogP contribution in [-0.4, -0.2) is 22.2 Å². The van der Waals surface area contributed by atoms with Gasteiger partial charge in [0.25, 0.3) is 5.91 Å². The molecule has 32 heavy (non-hydrogen) atoms. The average molecular weight is 462 g/mol. The van der Waals surface area contributed by atoms with Crippen LogP contribution >= 0.6 is 24.0 Å². The standard InChI is InChI=1S/C26H23NO3S2/c1-18(21-11-7-4-8-12-21)27-25(28)24(32-26(27)31)16-20-13-14-22(23(15-20)29-2)30-17-19-9-5-3-6-10-19/h3-16,18H,17H2,1-2H3/b24-16+. The molecular formula is C26H23NO3S2. The van der Waals surface area contributed by atoms with Crippen molar-refractivity contribution < 1.29 is 14.3 Å². The maximum Gasteiger partial charge on any atom is 0.266 e. The highest BCUT2D eigenvalue weighted by atomic mass is 32.2. The third kappa shape index (κ3) is 4.87. The number of hydrogen-bond acceptors (Lipinski definition) is 5. The van der Waals surface area contributed by atoms with Crippen LogP contribution in [0.1, 0.15) is 29.7 Å². The number of carbonyl (C=O) groups excluding carboxylic acids is 1. The van der Waals surface area contributed by atoms with E-state index in [1.807, 2.05) is 91.9 Å². The number of thioether (sulfide) groups is 1. The summed E-state index contributed by atoms with van der Waals surface area (Å²) in [6.07, 6.45) is 1.85. The predicted octanol–water partition coefficient (Wildman–Crippen LogP) is 6.24. The minimum Gasteiger partial charge on any atom is -0.493 e. The number of amides is 1. The summed E-state index contributed by atoms with van der Waals surface area (Å²) in [4.78, 5) is 15.4. The van der Waals surface area contributed by atoms with E-state index in [1.165, 1.54) is 11.8 Å². The molecule has 162 valence electrons. The van der Waals surface area contributed by atoms with Gasteiger partial charge >= 0.3 is 0 Å². The van der Waals surface area contributed by atoms with E-state index in [9.17, 15) is 4.79 Å². The topological polar surface area (TPSA) is 38.8 Å². The van der Waals surface area contributed by atoms with Crippen molar-refractivity contribution in [1.29, 1.82) is 0 Å². The van der Waals surface area contributed by atoms with Gasteiger partial charge in [-0.3, -0.25) is 9.69 Å². The first kappa shape index (κ1) is 22.1. The molecule has 0 aliphatic carbocycles. The van der Waals surface area contributed by atoms with E-state index < -0.39 is 0 Å². The number of nitrogens with zero attached hydrogens (tertiary/aromatic N) is 1. The van der Waals surface area contributed by atoms with E-state index in [0.29, 0.717) is 27.3 Å². The van der Waals surface area contributed by atoms with E-state index >= 15 is 0 Å².